The zero-order chi connectivity index (χ0) is 18.4. The van der Waals surface area contributed by atoms with E-state index in [1.807, 2.05) is 30.3 Å². The summed E-state index contributed by atoms with van der Waals surface area (Å²) in [5, 5.41) is 6.58. The van der Waals surface area contributed by atoms with Gasteiger partial charge in [0.05, 0.1) is 6.54 Å². The van der Waals surface area contributed by atoms with E-state index < -0.39 is 0 Å². The minimum Gasteiger partial charge on any atom is -0.445 e. The molecular formula is C19H28N4O3. The van der Waals surface area contributed by atoms with E-state index in [2.05, 4.69) is 15.5 Å². The lowest BCUT2D eigenvalue weighted by atomic mass is 9.85. The summed E-state index contributed by atoms with van der Waals surface area (Å²) in [7, 11) is 0. The molecule has 0 radical (unpaired) electrons. The molecule has 1 heterocycles. The smallest absolute Gasteiger partial charge is 0.407 e. The Morgan fingerprint density at radius 3 is 2.42 bits per heavy atom. The summed E-state index contributed by atoms with van der Waals surface area (Å²) in [6.45, 7) is 2.46. The molecule has 0 spiro atoms. The second-order valence-electron chi connectivity index (χ2n) is 7.25. The lowest BCUT2D eigenvalue weighted by Crippen LogP contribution is -2.56. The van der Waals surface area contributed by atoms with Gasteiger partial charge >= 0.3 is 6.09 Å². The van der Waals surface area contributed by atoms with Crippen LogP contribution in [0.3, 0.4) is 0 Å². The fourth-order valence-electron chi connectivity index (χ4n) is 3.61. The van der Waals surface area contributed by atoms with E-state index in [0.717, 1.165) is 44.3 Å². The van der Waals surface area contributed by atoms with E-state index in [0.29, 0.717) is 25.2 Å². The Labute approximate surface area is 154 Å². The summed E-state index contributed by atoms with van der Waals surface area (Å²) in [6, 6.07) is 10.8. The number of rotatable bonds is 7. The van der Waals surface area contributed by atoms with E-state index in [1.54, 1.807) is 0 Å². The molecule has 0 unspecified atom stereocenters. The zero-order valence-corrected chi connectivity index (χ0v) is 15.0. The van der Waals surface area contributed by atoms with Crippen molar-refractivity contribution in [2.45, 2.75) is 50.4 Å². The van der Waals surface area contributed by atoms with E-state index in [-0.39, 0.29) is 18.0 Å². The van der Waals surface area contributed by atoms with Crippen molar-refractivity contribution in [3.63, 3.8) is 0 Å². The van der Waals surface area contributed by atoms with Crippen LogP contribution in [0.5, 0.6) is 0 Å². The Kier molecular flexibility index (Phi) is 6.46. The third-order valence-corrected chi connectivity index (χ3v) is 5.11. The van der Waals surface area contributed by atoms with Crippen LogP contribution in [0, 0.1) is 0 Å². The number of primary amides is 1. The molecule has 7 heteroatoms. The number of alkyl carbamates (subject to hydrolysis) is 1. The molecule has 7 nitrogen and oxygen atoms in total. The summed E-state index contributed by atoms with van der Waals surface area (Å²) in [5.74, 6) is -0.261. The maximum absolute atomic E-state index is 11.8. The monoisotopic (exact) mass is 360 g/mol. The standard InChI is InChI=1S/C19H28N4O3/c20-18(24)12-23-8-6-15(7-9-23)21-16-10-17(11-16)22-19(25)26-13-14-4-2-1-3-5-14/h1-5,15-17,21H,6-13H2,(H2,20,24)(H,22,25). The number of nitrogens with two attached hydrogens (primary N) is 1. The molecule has 4 N–H and O–H groups in total. The topological polar surface area (TPSA) is 96.7 Å². The molecule has 2 amide bonds. The number of hydrogen-bond acceptors (Lipinski definition) is 5. The van der Waals surface area contributed by atoms with E-state index in [9.17, 15) is 9.59 Å². The van der Waals surface area contributed by atoms with Crippen molar-refractivity contribution < 1.29 is 14.3 Å². The lowest BCUT2D eigenvalue weighted by molar-refractivity contribution is -0.119. The van der Waals surface area contributed by atoms with Crippen molar-refractivity contribution in [1.29, 1.82) is 0 Å². The lowest BCUT2D eigenvalue weighted by Gasteiger charge is -2.40. The summed E-state index contributed by atoms with van der Waals surface area (Å²) in [4.78, 5) is 24.9. The van der Waals surface area contributed by atoms with Crippen LogP contribution in [0.2, 0.25) is 0 Å². The molecule has 2 aliphatic rings. The van der Waals surface area contributed by atoms with Crippen LogP contribution in [0.1, 0.15) is 31.2 Å². The van der Waals surface area contributed by atoms with Gasteiger partial charge in [0, 0.05) is 31.2 Å². The van der Waals surface area contributed by atoms with Gasteiger partial charge in [0.15, 0.2) is 0 Å². The van der Waals surface area contributed by atoms with Crippen molar-refractivity contribution in [3.05, 3.63) is 35.9 Å². The Hall–Kier alpha value is -2.12. The summed E-state index contributed by atoms with van der Waals surface area (Å²) in [5.41, 5.74) is 6.22. The number of hydrogen-bond donors (Lipinski definition) is 3. The summed E-state index contributed by atoms with van der Waals surface area (Å²) < 4.78 is 5.25. The van der Waals surface area contributed by atoms with Crippen molar-refractivity contribution in [3.8, 4) is 0 Å². The molecular weight excluding hydrogens is 332 g/mol. The van der Waals surface area contributed by atoms with Gasteiger partial charge < -0.3 is 21.1 Å². The Balaban J connectivity index is 1.26. The molecule has 1 saturated carbocycles. The van der Waals surface area contributed by atoms with Gasteiger partial charge in [-0.2, -0.15) is 0 Å². The molecule has 2 fully saturated rings. The molecule has 1 aromatic carbocycles. The van der Waals surface area contributed by atoms with Crippen LogP contribution in [0.25, 0.3) is 0 Å². The molecule has 3 rings (SSSR count). The molecule has 1 aliphatic heterocycles. The number of nitrogens with zero attached hydrogens (tertiary/aromatic N) is 1. The fraction of sp³-hybridized carbons (Fsp3) is 0.579. The number of carbonyl (C=O) groups excluding carboxylic acids is 2. The third kappa shape index (κ3) is 5.71. The summed E-state index contributed by atoms with van der Waals surface area (Å²) >= 11 is 0. The first kappa shape index (κ1) is 18.7. The number of piperidine rings is 1. The second kappa shape index (κ2) is 9.00. The highest BCUT2D eigenvalue weighted by atomic mass is 16.5. The third-order valence-electron chi connectivity index (χ3n) is 5.11. The van der Waals surface area contributed by atoms with Crippen LogP contribution in [0.4, 0.5) is 4.79 Å². The number of benzene rings is 1. The van der Waals surface area contributed by atoms with E-state index >= 15 is 0 Å². The van der Waals surface area contributed by atoms with Crippen molar-refractivity contribution in [1.82, 2.24) is 15.5 Å². The minimum atomic E-state index is -0.350. The van der Waals surface area contributed by atoms with Crippen LogP contribution in [-0.4, -0.2) is 54.7 Å². The highest BCUT2D eigenvalue weighted by Gasteiger charge is 2.33. The van der Waals surface area contributed by atoms with Crippen molar-refractivity contribution >= 4 is 12.0 Å². The quantitative estimate of drug-likeness (QED) is 0.674. The van der Waals surface area contributed by atoms with Gasteiger partial charge in [-0.05, 0) is 31.2 Å². The minimum absolute atomic E-state index is 0.186. The van der Waals surface area contributed by atoms with Crippen LogP contribution in [0.15, 0.2) is 30.3 Å². The Morgan fingerprint density at radius 1 is 1.08 bits per heavy atom. The van der Waals surface area contributed by atoms with Gasteiger partial charge in [-0.25, -0.2) is 4.79 Å². The van der Waals surface area contributed by atoms with Gasteiger partial charge in [0.25, 0.3) is 0 Å². The fourth-order valence-corrected chi connectivity index (χ4v) is 3.61. The van der Waals surface area contributed by atoms with Gasteiger partial charge in [0.2, 0.25) is 5.91 Å². The number of nitrogens with one attached hydrogen (secondary N) is 2. The number of amides is 2. The number of ether oxygens (including phenoxy) is 1. The first-order chi connectivity index (χ1) is 12.6. The molecule has 1 saturated heterocycles. The van der Waals surface area contributed by atoms with Crippen molar-refractivity contribution in [2.75, 3.05) is 19.6 Å². The van der Waals surface area contributed by atoms with Gasteiger partial charge in [-0.1, -0.05) is 30.3 Å². The van der Waals surface area contributed by atoms with Crippen LogP contribution >= 0.6 is 0 Å². The van der Waals surface area contributed by atoms with Gasteiger partial charge in [-0.15, -0.1) is 0 Å². The normalized spacial score (nSPS) is 23.8. The predicted octanol–water partition coefficient (Wildman–Crippen LogP) is 0.983. The highest BCUT2D eigenvalue weighted by Crippen LogP contribution is 2.22. The molecule has 1 aromatic rings. The maximum Gasteiger partial charge on any atom is 0.407 e. The molecule has 0 atom stereocenters. The first-order valence-corrected chi connectivity index (χ1v) is 9.32. The Morgan fingerprint density at radius 2 is 1.77 bits per heavy atom. The molecule has 142 valence electrons. The van der Waals surface area contributed by atoms with Gasteiger partial charge in [-0.3, -0.25) is 9.69 Å². The maximum atomic E-state index is 11.8. The highest BCUT2D eigenvalue weighted by molar-refractivity contribution is 5.75. The van der Waals surface area contributed by atoms with E-state index in [1.165, 1.54) is 0 Å². The van der Waals surface area contributed by atoms with Crippen molar-refractivity contribution in [2.24, 2.45) is 5.73 Å². The van der Waals surface area contributed by atoms with Crippen LogP contribution < -0.4 is 16.4 Å². The van der Waals surface area contributed by atoms with Crippen LogP contribution in [-0.2, 0) is 16.1 Å². The summed E-state index contributed by atoms with van der Waals surface area (Å²) in [6.07, 6.45) is 3.57. The molecule has 26 heavy (non-hydrogen) atoms. The molecule has 0 bridgehead atoms. The molecule has 0 aromatic heterocycles. The predicted molar refractivity (Wildman–Crippen MR) is 98.4 cm³/mol. The number of carbonyl (C=O) groups is 2. The number of likely N-dealkylation sites (tertiary alicyclic amines) is 1. The Bertz CT molecular complexity index is 596. The van der Waals surface area contributed by atoms with Gasteiger partial charge in [0.1, 0.15) is 6.61 Å². The largest absolute Gasteiger partial charge is 0.445 e. The SMILES string of the molecule is NC(=O)CN1CCC(NC2CC(NC(=O)OCc3ccccc3)C2)CC1. The zero-order valence-electron chi connectivity index (χ0n) is 15.0. The molecule has 1 aliphatic carbocycles. The average molecular weight is 360 g/mol. The average Bonchev–Trinajstić information content (AvgIpc) is 2.60. The first-order valence-electron chi connectivity index (χ1n) is 9.32. The van der Waals surface area contributed by atoms with E-state index in [4.69, 9.17) is 10.5 Å². The second-order valence-corrected chi connectivity index (χ2v) is 7.25.